The van der Waals surface area contributed by atoms with Crippen molar-refractivity contribution in [2.75, 3.05) is 31.1 Å². The summed E-state index contributed by atoms with van der Waals surface area (Å²) >= 11 is 0. The molecule has 2 aliphatic rings. The number of β-amino-alcohol motifs (C(OH)–C–C–N with tert-alkyl or cyclic N) is 1. The second-order valence-corrected chi connectivity index (χ2v) is 7.10. The van der Waals surface area contributed by atoms with Crippen molar-refractivity contribution in [2.45, 2.75) is 31.2 Å². The molecule has 0 aliphatic carbocycles. The highest BCUT2D eigenvalue weighted by Gasteiger charge is 2.44. The van der Waals surface area contributed by atoms with E-state index in [1.165, 1.54) is 5.56 Å². The third kappa shape index (κ3) is 2.98. The lowest BCUT2D eigenvalue weighted by Crippen LogP contribution is -2.50. The van der Waals surface area contributed by atoms with Crippen molar-refractivity contribution >= 4 is 11.6 Å². The zero-order valence-electron chi connectivity index (χ0n) is 14.4. The van der Waals surface area contributed by atoms with Gasteiger partial charge in [0, 0.05) is 24.1 Å². The Morgan fingerprint density at radius 2 is 1.92 bits per heavy atom. The standard InChI is InChI=1S/C20H24N2O3/c23-12-11-22-18-6-2-1-5-17(18)20(14-19(22)24)7-9-21(10-8-20)15-16-4-3-13-25-16/h1-6,13,23H,7-12,14-15H2. The highest BCUT2D eigenvalue weighted by atomic mass is 16.3. The number of rotatable bonds is 4. The Morgan fingerprint density at radius 3 is 2.64 bits per heavy atom. The summed E-state index contributed by atoms with van der Waals surface area (Å²) in [6.45, 7) is 3.11. The first-order valence-corrected chi connectivity index (χ1v) is 8.97. The molecule has 1 fully saturated rings. The van der Waals surface area contributed by atoms with Crippen LogP contribution in [0.4, 0.5) is 5.69 Å². The number of furan rings is 1. The van der Waals surface area contributed by atoms with Crippen molar-refractivity contribution < 1.29 is 14.3 Å². The van der Waals surface area contributed by atoms with E-state index >= 15 is 0 Å². The number of nitrogens with zero attached hydrogens (tertiary/aromatic N) is 2. The van der Waals surface area contributed by atoms with Crippen molar-refractivity contribution in [2.24, 2.45) is 0 Å². The van der Waals surface area contributed by atoms with Gasteiger partial charge in [0.15, 0.2) is 0 Å². The molecule has 5 nitrogen and oxygen atoms in total. The quantitative estimate of drug-likeness (QED) is 0.929. The minimum Gasteiger partial charge on any atom is -0.468 e. The number of likely N-dealkylation sites (tertiary alicyclic amines) is 1. The summed E-state index contributed by atoms with van der Waals surface area (Å²) in [6.07, 6.45) is 4.21. The van der Waals surface area contributed by atoms with Gasteiger partial charge in [-0.3, -0.25) is 9.69 Å². The number of fused-ring (bicyclic) bond motifs is 2. The van der Waals surface area contributed by atoms with Gasteiger partial charge in [-0.05, 0) is 49.7 Å². The van der Waals surface area contributed by atoms with E-state index < -0.39 is 0 Å². The minimum absolute atomic E-state index is 0.00992. The maximum absolute atomic E-state index is 12.7. The van der Waals surface area contributed by atoms with Crippen LogP contribution in [0.3, 0.4) is 0 Å². The van der Waals surface area contributed by atoms with Gasteiger partial charge in [0.05, 0.1) is 19.4 Å². The van der Waals surface area contributed by atoms with E-state index in [2.05, 4.69) is 17.0 Å². The molecule has 2 aromatic rings. The Morgan fingerprint density at radius 1 is 1.12 bits per heavy atom. The summed E-state index contributed by atoms with van der Waals surface area (Å²) in [4.78, 5) is 16.9. The lowest BCUT2D eigenvalue weighted by molar-refractivity contribution is -0.121. The average Bonchev–Trinajstić information content (AvgIpc) is 3.14. The molecule has 5 heteroatoms. The molecule has 4 rings (SSSR count). The van der Waals surface area contributed by atoms with E-state index in [4.69, 9.17) is 4.42 Å². The molecule has 25 heavy (non-hydrogen) atoms. The van der Waals surface area contributed by atoms with Gasteiger partial charge in [-0.25, -0.2) is 0 Å². The summed E-state index contributed by atoms with van der Waals surface area (Å²) in [5.74, 6) is 1.12. The van der Waals surface area contributed by atoms with Gasteiger partial charge in [-0.1, -0.05) is 18.2 Å². The molecule has 1 spiro atoms. The fourth-order valence-corrected chi connectivity index (χ4v) is 4.33. The molecule has 0 unspecified atom stereocenters. The van der Waals surface area contributed by atoms with E-state index in [-0.39, 0.29) is 17.9 Å². The molecule has 2 aliphatic heterocycles. The molecule has 0 atom stereocenters. The Bertz CT molecular complexity index is 733. The molecule has 1 saturated heterocycles. The second kappa shape index (κ2) is 6.65. The molecule has 3 heterocycles. The SMILES string of the molecule is O=C1CC2(CCN(Cc3ccco3)CC2)c2ccccc2N1CCO. The molecular weight excluding hydrogens is 316 g/mol. The molecular formula is C20H24N2O3. The van der Waals surface area contributed by atoms with Crippen LogP contribution < -0.4 is 4.90 Å². The van der Waals surface area contributed by atoms with Crippen LogP contribution in [0, 0.1) is 0 Å². The minimum atomic E-state index is -0.0701. The van der Waals surface area contributed by atoms with E-state index in [9.17, 15) is 9.90 Å². The lowest BCUT2D eigenvalue weighted by Gasteiger charge is -2.47. The molecule has 1 N–H and O–H groups in total. The van der Waals surface area contributed by atoms with Crippen LogP contribution in [0.15, 0.2) is 47.1 Å². The van der Waals surface area contributed by atoms with Crippen LogP contribution in [0.2, 0.25) is 0 Å². The molecule has 1 aromatic carbocycles. The molecule has 0 bridgehead atoms. The Kier molecular flexibility index (Phi) is 4.36. The fraction of sp³-hybridized carbons (Fsp3) is 0.450. The van der Waals surface area contributed by atoms with Gasteiger partial charge in [-0.15, -0.1) is 0 Å². The molecule has 1 amide bonds. The fourth-order valence-electron chi connectivity index (χ4n) is 4.33. The first kappa shape index (κ1) is 16.4. The van der Waals surface area contributed by atoms with Gasteiger partial charge in [0.2, 0.25) is 5.91 Å². The number of carbonyl (C=O) groups is 1. The topological polar surface area (TPSA) is 56.9 Å². The number of amides is 1. The lowest BCUT2D eigenvalue weighted by atomic mass is 9.67. The van der Waals surface area contributed by atoms with Crippen LogP contribution in [0.5, 0.6) is 0 Å². The molecule has 1 aromatic heterocycles. The van der Waals surface area contributed by atoms with Crippen molar-refractivity contribution in [3.05, 3.63) is 54.0 Å². The van der Waals surface area contributed by atoms with E-state index in [1.54, 1.807) is 11.2 Å². The number of benzene rings is 1. The Labute approximate surface area is 147 Å². The predicted octanol–water partition coefficient (Wildman–Crippen LogP) is 2.54. The number of carbonyl (C=O) groups excluding carboxylic acids is 1. The number of aliphatic hydroxyl groups excluding tert-OH is 1. The van der Waals surface area contributed by atoms with Crippen molar-refractivity contribution in [3.63, 3.8) is 0 Å². The smallest absolute Gasteiger partial charge is 0.227 e. The summed E-state index contributed by atoms with van der Waals surface area (Å²) < 4.78 is 5.46. The summed E-state index contributed by atoms with van der Waals surface area (Å²) in [5.41, 5.74) is 2.17. The van der Waals surface area contributed by atoms with Crippen LogP contribution in [-0.2, 0) is 16.8 Å². The monoisotopic (exact) mass is 340 g/mol. The zero-order valence-corrected chi connectivity index (χ0v) is 14.4. The van der Waals surface area contributed by atoms with E-state index in [0.29, 0.717) is 13.0 Å². The number of aliphatic hydroxyl groups is 1. The summed E-state index contributed by atoms with van der Waals surface area (Å²) in [5, 5.41) is 9.31. The van der Waals surface area contributed by atoms with Crippen molar-refractivity contribution in [1.29, 1.82) is 0 Å². The number of piperidine rings is 1. The van der Waals surface area contributed by atoms with Gasteiger partial charge < -0.3 is 14.4 Å². The maximum Gasteiger partial charge on any atom is 0.227 e. The number of anilines is 1. The number of para-hydroxylation sites is 1. The van der Waals surface area contributed by atoms with Crippen molar-refractivity contribution in [1.82, 2.24) is 4.90 Å². The molecule has 0 radical (unpaired) electrons. The Hall–Kier alpha value is -2.11. The predicted molar refractivity (Wildman–Crippen MR) is 95.4 cm³/mol. The largest absolute Gasteiger partial charge is 0.468 e. The van der Waals surface area contributed by atoms with E-state index in [1.807, 2.05) is 24.3 Å². The Balaban J connectivity index is 1.56. The van der Waals surface area contributed by atoms with Crippen molar-refractivity contribution in [3.8, 4) is 0 Å². The summed E-state index contributed by atoms with van der Waals surface area (Å²) in [7, 11) is 0. The normalized spacial score (nSPS) is 20.0. The van der Waals surface area contributed by atoms with Gasteiger partial charge in [-0.2, -0.15) is 0 Å². The number of hydrogen-bond donors (Lipinski definition) is 1. The van der Waals surface area contributed by atoms with Crippen LogP contribution in [0.1, 0.15) is 30.6 Å². The van der Waals surface area contributed by atoms with Crippen LogP contribution >= 0.6 is 0 Å². The average molecular weight is 340 g/mol. The van der Waals surface area contributed by atoms with Gasteiger partial charge >= 0.3 is 0 Å². The first-order valence-electron chi connectivity index (χ1n) is 8.97. The summed E-state index contributed by atoms with van der Waals surface area (Å²) in [6, 6.07) is 12.1. The van der Waals surface area contributed by atoms with Crippen LogP contribution in [0.25, 0.3) is 0 Å². The highest BCUT2D eigenvalue weighted by molar-refractivity contribution is 5.98. The number of hydrogen-bond acceptors (Lipinski definition) is 4. The second-order valence-electron chi connectivity index (χ2n) is 7.10. The maximum atomic E-state index is 12.7. The molecule has 132 valence electrons. The third-order valence-electron chi connectivity index (χ3n) is 5.65. The third-order valence-corrected chi connectivity index (χ3v) is 5.65. The zero-order chi connectivity index (χ0) is 17.3. The van der Waals surface area contributed by atoms with E-state index in [0.717, 1.165) is 43.9 Å². The van der Waals surface area contributed by atoms with Gasteiger partial charge in [0.25, 0.3) is 0 Å². The van der Waals surface area contributed by atoms with Gasteiger partial charge in [0.1, 0.15) is 5.76 Å². The molecule has 0 saturated carbocycles. The first-order chi connectivity index (χ1) is 12.2. The highest BCUT2D eigenvalue weighted by Crippen LogP contribution is 2.46. The van der Waals surface area contributed by atoms with Crippen LogP contribution in [-0.4, -0.2) is 42.2 Å².